The maximum atomic E-state index is 13.0. The number of urea groups is 1. The predicted molar refractivity (Wildman–Crippen MR) is 137 cm³/mol. The molecule has 1 aliphatic rings. The van der Waals surface area contributed by atoms with Crippen molar-refractivity contribution in [2.75, 3.05) is 35.2 Å². The fourth-order valence-corrected chi connectivity index (χ4v) is 3.96. The number of anilines is 3. The summed E-state index contributed by atoms with van der Waals surface area (Å²) in [4.78, 5) is 27.9. The molecule has 2 aromatic rings. The molecule has 33 heavy (non-hydrogen) atoms. The summed E-state index contributed by atoms with van der Waals surface area (Å²) in [6, 6.07) is 13.1. The van der Waals surface area contributed by atoms with Crippen molar-refractivity contribution in [2.45, 2.75) is 53.4 Å². The molecular formula is C27H38N4O2. The highest BCUT2D eigenvalue weighted by Crippen LogP contribution is 2.29. The van der Waals surface area contributed by atoms with Crippen molar-refractivity contribution in [2.24, 2.45) is 11.8 Å². The molecule has 3 N–H and O–H groups in total. The third-order valence-electron chi connectivity index (χ3n) is 6.13. The third kappa shape index (κ3) is 6.98. The van der Waals surface area contributed by atoms with E-state index in [9.17, 15) is 9.59 Å². The molecule has 178 valence electrons. The van der Waals surface area contributed by atoms with Gasteiger partial charge in [0.25, 0.3) is 5.91 Å². The van der Waals surface area contributed by atoms with E-state index in [2.05, 4.69) is 55.5 Å². The van der Waals surface area contributed by atoms with E-state index in [1.54, 1.807) is 6.07 Å². The molecule has 6 nitrogen and oxygen atoms in total. The number of nitrogens with one attached hydrogen (secondary N) is 3. The van der Waals surface area contributed by atoms with E-state index in [1.807, 2.05) is 36.4 Å². The molecule has 0 radical (unpaired) electrons. The Morgan fingerprint density at radius 3 is 2.15 bits per heavy atom. The molecule has 3 amide bonds. The number of carbonyl (C=O) groups excluding carboxylic acids is 2. The van der Waals surface area contributed by atoms with Crippen LogP contribution in [0.1, 0.15) is 69.3 Å². The van der Waals surface area contributed by atoms with E-state index in [0.29, 0.717) is 35.5 Å². The molecule has 0 spiro atoms. The second-order valence-corrected chi connectivity index (χ2v) is 9.86. The molecule has 1 fully saturated rings. The Kier molecular flexibility index (Phi) is 8.37. The van der Waals surface area contributed by atoms with Crippen molar-refractivity contribution in [1.82, 2.24) is 5.32 Å². The van der Waals surface area contributed by atoms with Crippen LogP contribution in [-0.2, 0) is 0 Å². The Morgan fingerprint density at radius 1 is 0.939 bits per heavy atom. The van der Waals surface area contributed by atoms with Gasteiger partial charge in [0.15, 0.2) is 0 Å². The van der Waals surface area contributed by atoms with Gasteiger partial charge in [0.05, 0.1) is 5.56 Å². The third-order valence-corrected chi connectivity index (χ3v) is 6.13. The largest absolute Gasteiger partial charge is 0.371 e. The first kappa shape index (κ1) is 24.6. The number of rotatable bonds is 7. The van der Waals surface area contributed by atoms with Crippen LogP contribution < -0.4 is 20.9 Å². The lowest BCUT2D eigenvalue weighted by Gasteiger charge is -2.33. The topological polar surface area (TPSA) is 73.5 Å². The van der Waals surface area contributed by atoms with Crippen LogP contribution >= 0.6 is 0 Å². The Labute approximate surface area is 198 Å². The van der Waals surface area contributed by atoms with Gasteiger partial charge in [0, 0.05) is 36.7 Å². The summed E-state index contributed by atoms with van der Waals surface area (Å²) < 4.78 is 0. The summed E-state index contributed by atoms with van der Waals surface area (Å²) in [7, 11) is 0. The summed E-state index contributed by atoms with van der Waals surface area (Å²) in [5, 5.41) is 8.77. The summed E-state index contributed by atoms with van der Waals surface area (Å²) >= 11 is 0. The van der Waals surface area contributed by atoms with E-state index in [-0.39, 0.29) is 11.9 Å². The highest BCUT2D eigenvalue weighted by atomic mass is 16.2. The summed E-state index contributed by atoms with van der Waals surface area (Å²) in [6.45, 7) is 13.2. The molecular weight excluding hydrogens is 412 g/mol. The number of amides is 3. The average molecular weight is 451 g/mol. The number of piperidine rings is 1. The zero-order valence-corrected chi connectivity index (χ0v) is 20.6. The van der Waals surface area contributed by atoms with Crippen molar-refractivity contribution in [3.05, 3.63) is 53.6 Å². The zero-order valence-electron chi connectivity index (χ0n) is 20.6. The Hall–Kier alpha value is -3.02. The molecule has 0 atom stereocenters. The lowest BCUT2D eigenvalue weighted by Crippen LogP contribution is -2.35. The first-order chi connectivity index (χ1) is 15.7. The van der Waals surface area contributed by atoms with E-state index >= 15 is 0 Å². The molecule has 1 saturated heterocycles. The van der Waals surface area contributed by atoms with Crippen LogP contribution in [0.25, 0.3) is 0 Å². The van der Waals surface area contributed by atoms with Gasteiger partial charge in [-0.2, -0.15) is 0 Å². The fraction of sp³-hybridized carbons (Fsp3) is 0.481. The fourth-order valence-electron chi connectivity index (χ4n) is 3.96. The van der Waals surface area contributed by atoms with Gasteiger partial charge in [0.1, 0.15) is 0 Å². The molecule has 0 unspecified atom stereocenters. The van der Waals surface area contributed by atoms with E-state index in [1.165, 1.54) is 5.56 Å². The quantitative estimate of drug-likeness (QED) is 0.479. The standard InChI is InChI=1S/C27H38N4O2/c1-18(2)17-28-26(32)24-16-23(10-11-25(24)31-14-12-20(5)13-15-31)30-27(33)29-22-8-6-21(7-9-22)19(3)4/h6-11,16,18-20H,12-15,17H2,1-5H3,(H,28,32)(H2,29,30,33). The minimum atomic E-state index is -0.333. The highest BCUT2D eigenvalue weighted by Gasteiger charge is 2.22. The van der Waals surface area contributed by atoms with Gasteiger partial charge >= 0.3 is 6.03 Å². The number of hydrogen-bond donors (Lipinski definition) is 3. The zero-order chi connectivity index (χ0) is 24.0. The lowest BCUT2D eigenvalue weighted by atomic mass is 9.97. The Morgan fingerprint density at radius 2 is 1.55 bits per heavy atom. The van der Waals surface area contributed by atoms with Gasteiger partial charge in [-0.1, -0.05) is 46.8 Å². The van der Waals surface area contributed by atoms with Crippen molar-refractivity contribution in [3.63, 3.8) is 0 Å². The second-order valence-electron chi connectivity index (χ2n) is 9.86. The second kappa shape index (κ2) is 11.2. The van der Waals surface area contributed by atoms with Crippen LogP contribution in [-0.4, -0.2) is 31.6 Å². The van der Waals surface area contributed by atoms with Crippen LogP contribution in [0.15, 0.2) is 42.5 Å². The van der Waals surface area contributed by atoms with Gasteiger partial charge in [-0.3, -0.25) is 4.79 Å². The van der Waals surface area contributed by atoms with Crippen LogP contribution in [0.5, 0.6) is 0 Å². The van der Waals surface area contributed by atoms with Crippen molar-refractivity contribution >= 4 is 29.0 Å². The lowest BCUT2D eigenvalue weighted by molar-refractivity contribution is 0.0949. The Bertz CT molecular complexity index is 945. The van der Waals surface area contributed by atoms with Gasteiger partial charge in [-0.15, -0.1) is 0 Å². The molecule has 3 rings (SSSR count). The molecule has 0 aliphatic carbocycles. The van der Waals surface area contributed by atoms with Crippen LogP contribution in [0.2, 0.25) is 0 Å². The van der Waals surface area contributed by atoms with Crippen molar-refractivity contribution in [1.29, 1.82) is 0 Å². The molecule has 2 aromatic carbocycles. The van der Waals surface area contributed by atoms with Crippen LogP contribution in [0.3, 0.4) is 0 Å². The monoisotopic (exact) mass is 450 g/mol. The number of nitrogens with zero attached hydrogens (tertiary/aromatic N) is 1. The SMILES string of the molecule is CC(C)CNC(=O)c1cc(NC(=O)Nc2ccc(C(C)C)cc2)ccc1N1CCC(C)CC1. The Balaban J connectivity index is 1.75. The number of benzene rings is 2. The minimum absolute atomic E-state index is 0.106. The molecule has 1 heterocycles. The normalized spacial score (nSPS) is 14.5. The summed E-state index contributed by atoms with van der Waals surface area (Å²) in [5.41, 5.74) is 4.07. The molecule has 0 saturated carbocycles. The van der Waals surface area contributed by atoms with E-state index < -0.39 is 0 Å². The molecule has 1 aliphatic heterocycles. The average Bonchev–Trinajstić information content (AvgIpc) is 2.78. The summed E-state index contributed by atoms with van der Waals surface area (Å²) in [5.74, 6) is 1.40. The summed E-state index contributed by atoms with van der Waals surface area (Å²) in [6.07, 6.45) is 2.23. The predicted octanol–water partition coefficient (Wildman–Crippen LogP) is 6.08. The van der Waals surface area contributed by atoms with Crippen molar-refractivity contribution in [3.8, 4) is 0 Å². The van der Waals surface area contributed by atoms with Crippen LogP contribution in [0, 0.1) is 11.8 Å². The smallest absolute Gasteiger partial charge is 0.323 e. The maximum Gasteiger partial charge on any atom is 0.323 e. The van der Waals surface area contributed by atoms with Gasteiger partial charge in [-0.25, -0.2) is 4.79 Å². The molecule has 0 bridgehead atoms. The molecule has 0 aromatic heterocycles. The first-order valence-corrected chi connectivity index (χ1v) is 12.1. The van der Waals surface area contributed by atoms with Crippen LogP contribution in [0.4, 0.5) is 21.9 Å². The molecule has 6 heteroatoms. The first-order valence-electron chi connectivity index (χ1n) is 12.1. The van der Waals surface area contributed by atoms with E-state index in [4.69, 9.17) is 0 Å². The number of hydrogen-bond acceptors (Lipinski definition) is 3. The van der Waals surface area contributed by atoms with Gasteiger partial charge < -0.3 is 20.9 Å². The number of carbonyl (C=O) groups is 2. The highest BCUT2D eigenvalue weighted by molar-refractivity contribution is 6.04. The van der Waals surface area contributed by atoms with Gasteiger partial charge in [-0.05, 0) is 66.5 Å². The minimum Gasteiger partial charge on any atom is -0.371 e. The van der Waals surface area contributed by atoms with Crippen molar-refractivity contribution < 1.29 is 9.59 Å². The maximum absolute atomic E-state index is 13.0. The van der Waals surface area contributed by atoms with Gasteiger partial charge in [0.2, 0.25) is 0 Å². The van der Waals surface area contributed by atoms with E-state index in [0.717, 1.165) is 37.3 Å².